The van der Waals surface area contributed by atoms with Crippen LogP contribution in [0.3, 0.4) is 0 Å². The fraction of sp³-hybridized carbons (Fsp3) is 1.00. The summed E-state index contributed by atoms with van der Waals surface area (Å²) in [4.78, 5) is 0. The Morgan fingerprint density at radius 2 is 0.550 bits per heavy atom. The van der Waals surface area contributed by atoms with Crippen LogP contribution in [0.1, 0.15) is 0 Å². The first-order valence-electron chi connectivity index (χ1n) is 7.87. The van der Waals surface area contributed by atoms with Crippen molar-refractivity contribution in [3.8, 4) is 0 Å². The zero-order valence-electron chi connectivity index (χ0n) is 16.0. The third kappa shape index (κ3) is 11.6. The monoisotopic (exact) mass is 290 g/mol. The molecule has 0 heterocycles. The predicted octanol–water partition coefficient (Wildman–Crippen LogP) is 0.552. The van der Waals surface area contributed by atoms with E-state index in [0.717, 1.165) is 13.4 Å². The van der Waals surface area contributed by atoms with Crippen LogP contribution >= 0.6 is 0 Å². The van der Waals surface area contributed by atoms with E-state index < -0.39 is 0 Å². The smallest absolute Gasteiger partial charge is 0.129 e. The Balaban J connectivity index is 4.66. The molecule has 0 aromatic carbocycles. The molecule has 0 saturated carbocycles. The molecule has 0 amide bonds. The maximum Gasteiger partial charge on any atom is 0.129 e. The fourth-order valence-corrected chi connectivity index (χ4v) is 1.96. The van der Waals surface area contributed by atoms with Gasteiger partial charge in [-0.2, -0.15) is 0 Å². The third-order valence-corrected chi connectivity index (χ3v) is 3.93. The van der Waals surface area contributed by atoms with E-state index >= 15 is 0 Å². The molecule has 0 fully saturated rings. The minimum Gasteiger partial charge on any atom is -0.326 e. The van der Waals surface area contributed by atoms with Gasteiger partial charge < -0.3 is 17.9 Å². The lowest BCUT2D eigenvalue weighted by Crippen LogP contribution is -2.58. The summed E-state index contributed by atoms with van der Waals surface area (Å²) < 4.78 is 4.37. The first-order chi connectivity index (χ1) is 8.62. The molecule has 0 aromatic heterocycles. The maximum absolute atomic E-state index is 2.45. The molecular weight excluding hydrogens is 248 g/mol. The largest absolute Gasteiger partial charge is 0.326 e. The van der Waals surface area contributed by atoms with Crippen molar-refractivity contribution in [1.29, 1.82) is 0 Å². The standard InChI is InChI=1S/C16H42N4/c1-17(2,3)11-14-20(10,15-12-18(4,5)6)16-13-19(7,8)9/h11-16H2,1-10H3/q+4. The highest BCUT2D eigenvalue weighted by atomic mass is 15.4. The van der Waals surface area contributed by atoms with Gasteiger partial charge in [0.25, 0.3) is 0 Å². The van der Waals surface area contributed by atoms with Gasteiger partial charge in [0, 0.05) is 0 Å². The molecule has 0 aromatic rings. The Morgan fingerprint density at radius 3 is 0.700 bits per heavy atom. The van der Waals surface area contributed by atoms with E-state index in [1.54, 1.807) is 0 Å². The van der Waals surface area contributed by atoms with E-state index in [9.17, 15) is 0 Å². The zero-order chi connectivity index (χ0) is 16.2. The van der Waals surface area contributed by atoms with Crippen molar-refractivity contribution >= 4 is 0 Å². The van der Waals surface area contributed by atoms with Crippen LogP contribution in [0.4, 0.5) is 0 Å². The van der Waals surface area contributed by atoms with Gasteiger partial charge >= 0.3 is 0 Å². The van der Waals surface area contributed by atoms with Gasteiger partial charge in [-0.05, 0) is 0 Å². The lowest BCUT2D eigenvalue weighted by Gasteiger charge is -2.40. The van der Waals surface area contributed by atoms with Crippen LogP contribution in [-0.4, -0.2) is 128 Å². The van der Waals surface area contributed by atoms with Gasteiger partial charge in [-0.1, -0.05) is 0 Å². The van der Waals surface area contributed by atoms with Gasteiger partial charge in [0.1, 0.15) is 39.3 Å². The number of hydrogen-bond donors (Lipinski definition) is 0. The summed E-state index contributed by atoms with van der Waals surface area (Å²) in [6.45, 7) is 7.52. The second kappa shape index (κ2) is 6.73. The normalized spacial score (nSPS) is 14.7. The van der Waals surface area contributed by atoms with Gasteiger partial charge in [0.05, 0.1) is 70.5 Å². The zero-order valence-corrected chi connectivity index (χ0v) is 16.0. The highest BCUT2D eigenvalue weighted by Crippen LogP contribution is 2.08. The molecule has 0 unspecified atom stereocenters. The lowest BCUT2D eigenvalue weighted by molar-refractivity contribution is -0.985. The van der Waals surface area contributed by atoms with E-state index in [1.165, 1.54) is 43.8 Å². The summed E-state index contributed by atoms with van der Waals surface area (Å²) >= 11 is 0. The van der Waals surface area contributed by atoms with E-state index in [2.05, 4.69) is 70.5 Å². The number of quaternary nitrogens is 4. The topological polar surface area (TPSA) is 0 Å². The van der Waals surface area contributed by atoms with Crippen LogP contribution in [-0.2, 0) is 0 Å². The summed E-state index contributed by atoms with van der Waals surface area (Å²) in [6.07, 6.45) is 0. The number of hydrogen-bond acceptors (Lipinski definition) is 0. The van der Waals surface area contributed by atoms with E-state index in [-0.39, 0.29) is 0 Å². The maximum atomic E-state index is 2.45. The third-order valence-electron chi connectivity index (χ3n) is 3.93. The quantitative estimate of drug-likeness (QED) is 0.544. The molecule has 0 spiro atoms. The Bertz CT molecular complexity index is 233. The van der Waals surface area contributed by atoms with Gasteiger partial charge in [-0.15, -0.1) is 0 Å². The summed E-state index contributed by atoms with van der Waals surface area (Å²) in [5.74, 6) is 0. The molecule has 0 atom stereocenters. The molecule has 0 aliphatic carbocycles. The highest BCUT2D eigenvalue weighted by Gasteiger charge is 2.29. The molecule has 0 N–H and O–H groups in total. The van der Waals surface area contributed by atoms with Gasteiger partial charge in [0.2, 0.25) is 0 Å². The summed E-state index contributed by atoms with van der Waals surface area (Å²) in [6, 6.07) is 0. The molecule has 0 aliphatic rings. The Morgan fingerprint density at radius 1 is 0.350 bits per heavy atom. The van der Waals surface area contributed by atoms with Crippen molar-refractivity contribution in [2.24, 2.45) is 0 Å². The first kappa shape index (κ1) is 19.8. The van der Waals surface area contributed by atoms with Gasteiger partial charge in [0.15, 0.2) is 0 Å². The van der Waals surface area contributed by atoms with Crippen LogP contribution in [0.2, 0.25) is 0 Å². The van der Waals surface area contributed by atoms with Crippen LogP contribution < -0.4 is 0 Å². The second-order valence-corrected chi connectivity index (χ2v) is 9.83. The van der Waals surface area contributed by atoms with Crippen molar-refractivity contribution in [2.45, 2.75) is 0 Å². The van der Waals surface area contributed by atoms with Crippen molar-refractivity contribution in [1.82, 2.24) is 0 Å². The molecule has 0 rings (SSSR count). The van der Waals surface area contributed by atoms with Crippen molar-refractivity contribution in [3.05, 3.63) is 0 Å². The average molecular weight is 291 g/mol. The Kier molecular flexibility index (Phi) is 6.68. The van der Waals surface area contributed by atoms with Crippen LogP contribution in [0, 0.1) is 0 Å². The minimum atomic E-state index is 1.06. The molecule has 0 radical (unpaired) electrons. The molecule has 0 saturated heterocycles. The predicted molar refractivity (Wildman–Crippen MR) is 89.5 cm³/mol. The van der Waals surface area contributed by atoms with Crippen molar-refractivity contribution < 1.29 is 17.9 Å². The van der Waals surface area contributed by atoms with E-state index in [1.807, 2.05) is 0 Å². The first-order valence-corrected chi connectivity index (χ1v) is 7.87. The highest BCUT2D eigenvalue weighted by molar-refractivity contribution is 4.42. The SMILES string of the molecule is C[N+](C)(C)CC[N+](C)(CC[N+](C)(C)C)CC[N+](C)(C)C. The van der Waals surface area contributed by atoms with E-state index in [0.29, 0.717) is 0 Å². The van der Waals surface area contributed by atoms with Crippen molar-refractivity contribution in [2.75, 3.05) is 110 Å². The molecule has 20 heavy (non-hydrogen) atoms. The van der Waals surface area contributed by atoms with Gasteiger partial charge in [-0.25, -0.2) is 0 Å². The van der Waals surface area contributed by atoms with Crippen LogP contribution in [0.15, 0.2) is 0 Å². The summed E-state index contributed by atoms with van der Waals surface area (Å²) in [7, 11) is 23.1. The molecule has 122 valence electrons. The van der Waals surface area contributed by atoms with Crippen LogP contribution in [0.25, 0.3) is 0 Å². The van der Waals surface area contributed by atoms with Gasteiger partial charge in [-0.3, -0.25) is 0 Å². The number of nitrogens with zero attached hydrogens (tertiary/aromatic N) is 4. The average Bonchev–Trinajstić information content (AvgIpc) is 2.18. The number of likely N-dealkylation sites (N-methyl/N-ethyl adjacent to an activating group) is 4. The molecule has 4 nitrogen and oxygen atoms in total. The summed E-state index contributed by atoms with van der Waals surface area (Å²) in [5.41, 5.74) is 0. The molecule has 4 heteroatoms. The van der Waals surface area contributed by atoms with E-state index in [4.69, 9.17) is 0 Å². The van der Waals surface area contributed by atoms with Crippen LogP contribution in [0.5, 0.6) is 0 Å². The lowest BCUT2D eigenvalue weighted by atomic mass is 10.3. The fourth-order valence-electron chi connectivity index (χ4n) is 1.96. The second-order valence-electron chi connectivity index (χ2n) is 9.83. The molecule has 0 aliphatic heterocycles. The molecular formula is C16H42N4+4. The Hall–Kier alpha value is -0.160. The Labute approximate surface area is 128 Å². The van der Waals surface area contributed by atoms with Crippen molar-refractivity contribution in [3.63, 3.8) is 0 Å². The molecule has 0 bridgehead atoms. The number of rotatable bonds is 9. The minimum absolute atomic E-state index is 1.06. The summed E-state index contributed by atoms with van der Waals surface area (Å²) in [5, 5.41) is 0.